The summed E-state index contributed by atoms with van der Waals surface area (Å²) in [6, 6.07) is 9.61. The van der Waals surface area contributed by atoms with E-state index in [9.17, 15) is 13.2 Å². The van der Waals surface area contributed by atoms with Gasteiger partial charge in [-0.3, -0.25) is 4.79 Å². The number of rotatable bonds is 9. The van der Waals surface area contributed by atoms with Crippen LogP contribution in [0.3, 0.4) is 0 Å². The van der Waals surface area contributed by atoms with Crippen molar-refractivity contribution in [1.29, 1.82) is 0 Å². The van der Waals surface area contributed by atoms with Crippen LogP contribution >= 0.6 is 11.3 Å². The number of carbonyl (C=O) groups excluding carboxylic acids is 1. The fourth-order valence-electron chi connectivity index (χ4n) is 2.31. The van der Waals surface area contributed by atoms with E-state index in [0.717, 1.165) is 17.7 Å². The molecule has 0 aliphatic heterocycles. The average Bonchev–Trinajstić information content (AvgIpc) is 3.18. The molecule has 2 aromatic rings. The first kappa shape index (κ1) is 20.6. The minimum atomic E-state index is -3.62. The molecule has 0 atom stereocenters. The molecule has 0 saturated carbocycles. The van der Waals surface area contributed by atoms with E-state index in [2.05, 4.69) is 10.0 Å². The SMILES string of the molecule is CCC(N)(CC)CNC(=O)c1ccc(S(=O)(=O)NCc2cccs2)cc1. The molecule has 0 spiro atoms. The normalized spacial score (nSPS) is 12.1. The first-order chi connectivity index (χ1) is 12.3. The molecule has 2 rings (SSSR count). The lowest BCUT2D eigenvalue weighted by Crippen LogP contribution is -2.49. The summed E-state index contributed by atoms with van der Waals surface area (Å²) in [5.74, 6) is -0.266. The van der Waals surface area contributed by atoms with Gasteiger partial charge in [0.05, 0.1) is 4.90 Å². The zero-order valence-corrected chi connectivity index (χ0v) is 16.6. The Balaban J connectivity index is 1.99. The van der Waals surface area contributed by atoms with Gasteiger partial charge in [0.15, 0.2) is 0 Å². The number of hydrogen-bond donors (Lipinski definition) is 3. The Hall–Kier alpha value is -1.74. The Morgan fingerprint density at radius 1 is 1.15 bits per heavy atom. The molecule has 0 unspecified atom stereocenters. The van der Waals surface area contributed by atoms with Crippen molar-refractivity contribution in [3.8, 4) is 0 Å². The van der Waals surface area contributed by atoms with Crippen molar-refractivity contribution in [2.75, 3.05) is 6.54 Å². The summed E-state index contributed by atoms with van der Waals surface area (Å²) in [6.07, 6.45) is 1.52. The maximum atomic E-state index is 12.3. The molecule has 0 aliphatic rings. The molecule has 0 saturated heterocycles. The van der Waals surface area contributed by atoms with Gasteiger partial charge in [0.25, 0.3) is 5.91 Å². The molecule has 0 fully saturated rings. The second kappa shape index (κ2) is 8.77. The molecule has 8 heteroatoms. The van der Waals surface area contributed by atoms with E-state index in [0.29, 0.717) is 12.1 Å². The van der Waals surface area contributed by atoms with E-state index in [1.165, 1.54) is 35.6 Å². The number of hydrogen-bond acceptors (Lipinski definition) is 5. The van der Waals surface area contributed by atoms with Gasteiger partial charge in [0, 0.05) is 29.1 Å². The molecule has 0 bridgehead atoms. The van der Waals surface area contributed by atoms with Crippen molar-refractivity contribution >= 4 is 27.3 Å². The molecule has 0 aliphatic carbocycles. The molecule has 1 aromatic heterocycles. The minimum Gasteiger partial charge on any atom is -0.350 e. The van der Waals surface area contributed by atoms with Crippen molar-refractivity contribution in [2.45, 2.75) is 43.7 Å². The van der Waals surface area contributed by atoms with Gasteiger partial charge in [-0.25, -0.2) is 13.1 Å². The van der Waals surface area contributed by atoms with Crippen molar-refractivity contribution in [3.05, 3.63) is 52.2 Å². The highest BCUT2D eigenvalue weighted by atomic mass is 32.2. The number of carbonyl (C=O) groups is 1. The Kier molecular flexibility index (Phi) is 6.94. The van der Waals surface area contributed by atoms with Crippen LogP contribution in [-0.4, -0.2) is 26.4 Å². The molecule has 4 N–H and O–H groups in total. The van der Waals surface area contributed by atoms with Crippen LogP contribution in [-0.2, 0) is 16.6 Å². The van der Waals surface area contributed by atoms with E-state index in [-0.39, 0.29) is 17.3 Å². The van der Waals surface area contributed by atoms with Gasteiger partial charge in [-0.2, -0.15) is 0 Å². The van der Waals surface area contributed by atoms with Crippen LogP contribution in [0, 0.1) is 0 Å². The standard InChI is InChI=1S/C18H25N3O3S2/c1-3-18(19,4-2)13-20-17(22)14-7-9-16(10-8-14)26(23,24)21-12-15-6-5-11-25-15/h5-11,21H,3-4,12-13,19H2,1-2H3,(H,20,22). The summed E-state index contributed by atoms with van der Waals surface area (Å²) >= 11 is 1.49. The summed E-state index contributed by atoms with van der Waals surface area (Å²) in [4.78, 5) is 13.3. The van der Waals surface area contributed by atoms with Crippen LogP contribution in [0.1, 0.15) is 41.9 Å². The van der Waals surface area contributed by atoms with Crippen molar-refractivity contribution in [1.82, 2.24) is 10.0 Å². The lowest BCUT2D eigenvalue weighted by Gasteiger charge is -2.26. The lowest BCUT2D eigenvalue weighted by atomic mass is 9.94. The van der Waals surface area contributed by atoms with Crippen molar-refractivity contribution in [2.24, 2.45) is 5.73 Å². The van der Waals surface area contributed by atoms with Crippen LogP contribution in [0.5, 0.6) is 0 Å². The predicted octanol–water partition coefficient (Wildman–Crippen LogP) is 2.47. The number of sulfonamides is 1. The van der Waals surface area contributed by atoms with Crippen LogP contribution < -0.4 is 15.8 Å². The van der Waals surface area contributed by atoms with Gasteiger partial charge in [-0.1, -0.05) is 19.9 Å². The third-order valence-electron chi connectivity index (χ3n) is 4.45. The lowest BCUT2D eigenvalue weighted by molar-refractivity contribution is 0.0942. The van der Waals surface area contributed by atoms with E-state index in [4.69, 9.17) is 5.73 Å². The van der Waals surface area contributed by atoms with Crippen LogP contribution in [0.15, 0.2) is 46.7 Å². The molecule has 6 nitrogen and oxygen atoms in total. The van der Waals surface area contributed by atoms with Crippen molar-refractivity contribution < 1.29 is 13.2 Å². The monoisotopic (exact) mass is 395 g/mol. The van der Waals surface area contributed by atoms with Crippen LogP contribution in [0.25, 0.3) is 0 Å². The summed E-state index contributed by atoms with van der Waals surface area (Å²) in [7, 11) is -3.62. The summed E-state index contributed by atoms with van der Waals surface area (Å²) in [5, 5.41) is 4.71. The maximum Gasteiger partial charge on any atom is 0.251 e. The first-order valence-corrected chi connectivity index (χ1v) is 10.8. The molecule has 1 amide bonds. The predicted molar refractivity (Wildman–Crippen MR) is 105 cm³/mol. The summed E-state index contributed by atoms with van der Waals surface area (Å²) in [5.41, 5.74) is 6.15. The molecular weight excluding hydrogens is 370 g/mol. The summed E-state index contributed by atoms with van der Waals surface area (Å²) < 4.78 is 27.2. The van der Waals surface area contributed by atoms with Gasteiger partial charge in [-0.05, 0) is 48.6 Å². The third-order valence-corrected chi connectivity index (χ3v) is 6.75. The van der Waals surface area contributed by atoms with Gasteiger partial charge in [0.1, 0.15) is 0 Å². The quantitative estimate of drug-likeness (QED) is 0.607. The molecule has 142 valence electrons. The van der Waals surface area contributed by atoms with Crippen LogP contribution in [0.2, 0.25) is 0 Å². The largest absolute Gasteiger partial charge is 0.350 e. The average molecular weight is 396 g/mol. The molecular formula is C18H25N3O3S2. The van der Waals surface area contributed by atoms with E-state index in [1.807, 2.05) is 31.4 Å². The van der Waals surface area contributed by atoms with Crippen LogP contribution in [0.4, 0.5) is 0 Å². The van der Waals surface area contributed by atoms with Gasteiger partial charge < -0.3 is 11.1 Å². The fraction of sp³-hybridized carbons (Fsp3) is 0.389. The Labute approximate surface area is 158 Å². The Morgan fingerprint density at radius 2 is 1.81 bits per heavy atom. The number of benzene rings is 1. The fourth-order valence-corrected chi connectivity index (χ4v) is 4.05. The molecule has 26 heavy (non-hydrogen) atoms. The Morgan fingerprint density at radius 3 is 2.35 bits per heavy atom. The molecule has 0 radical (unpaired) electrons. The zero-order valence-electron chi connectivity index (χ0n) is 15.0. The third kappa shape index (κ3) is 5.38. The van der Waals surface area contributed by atoms with Gasteiger partial charge >= 0.3 is 0 Å². The topological polar surface area (TPSA) is 101 Å². The highest BCUT2D eigenvalue weighted by molar-refractivity contribution is 7.89. The minimum absolute atomic E-state index is 0.126. The number of thiophene rings is 1. The number of amides is 1. The molecule has 1 heterocycles. The van der Waals surface area contributed by atoms with Gasteiger partial charge in [-0.15, -0.1) is 11.3 Å². The van der Waals surface area contributed by atoms with E-state index >= 15 is 0 Å². The zero-order chi connectivity index (χ0) is 19.2. The van der Waals surface area contributed by atoms with E-state index in [1.54, 1.807) is 0 Å². The highest BCUT2D eigenvalue weighted by Crippen LogP contribution is 2.14. The van der Waals surface area contributed by atoms with Gasteiger partial charge in [0.2, 0.25) is 10.0 Å². The number of nitrogens with two attached hydrogens (primary N) is 1. The Bertz CT molecular complexity index is 812. The van der Waals surface area contributed by atoms with Crippen molar-refractivity contribution in [3.63, 3.8) is 0 Å². The maximum absolute atomic E-state index is 12.3. The highest BCUT2D eigenvalue weighted by Gasteiger charge is 2.21. The van der Waals surface area contributed by atoms with E-state index < -0.39 is 15.6 Å². The number of nitrogens with one attached hydrogen (secondary N) is 2. The summed E-state index contributed by atoms with van der Waals surface area (Å²) in [6.45, 7) is 4.59. The smallest absolute Gasteiger partial charge is 0.251 e. The second-order valence-corrected chi connectivity index (χ2v) is 8.98. The molecule has 1 aromatic carbocycles. The first-order valence-electron chi connectivity index (χ1n) is 8.49. The second-order valence-electron chi connectivity index (χ2n) is 6.18.